The Morgan fingerprint density at radius 1 is 1.37 bits per heavy atom. The summed E-state index contributed by atoms with van der Waals surface area (Å²) in [6, 6.07) is 5.56. The number of hydrogen-bond acceptors (Lipinski definition) is 2. The molecule has 0 atom stereocenters. The molecule has 0 saturated carbocycles. The van der Waals surface area contributed by atoms with Crippen LogP contribution in [0.1, 0.15) is 22.8 Å². The molecule has 0 unspecified atom stereocenters. The number of amides is 1. The van der Waals surface area contributed by atoms with Crippen LogP contribution in [-0.2, 0) is 13.1 Å². The van der Waals surface area contributed by atoms with E-state index in [0.29, 0.717) is 12.1 Å². The number of aromatic nitrogens is 2. The van der Waals surface area contributed by atoms with Gasteiger partial charge in [0.25, 0.3) is 5.91 Å². The van der Waals surface area contributed by atoms with Crippen molar-refractivity contribution in [2.75, 3.05) is 7.05 Å². The summed E-state index contributed by atoms with van der Waals surface area (Å²) in [5.41, 5.74) is 1.45. The summed E-state index contributed by atoms with van der Waals surface area (Å²) in [4.78, 5) is 13.7. The van der Waals surface area contributed by atoms with Crippen molar-refractivity contribution in [2.24, 2.45) is 0 Å². The fraction of sp³-hybridized carbons (Fsp3) is 0.286. The van der Waals surface area contributed by atoms with Crippen LogP contribution < -0.4 is 0 Å². The fourth-order valence-corrected chi connectivity index (χ4v) is 1.82. The van der Waals surface area contributed by atoms with Crippen LogP contribution in [0.4, 0.5) is 4.39 Å². The van der Waals surface area contributed by atoms with Crippen molar-refractivity contribution in [1.29, 1.82) is 0 Å². The molecule has 0 aliphatic rings. The predicted molar refractivity (Wildman–Crippen MR) is 70.1 cm³/mol. The standard InChI is InChI=1S/C14H16FN3O/c1-3-18-10-11(8-16-18)9-17(2)14(19)12-4-6-13(15)7-5-12/h4-8,10H,3,9H2,1-2H3. The number of halogens is 1. The Balaban J connectivity index is 2.04. The summed E-state index contributed by atoms with van der Waals surface area (Å²) >= 11 is 0. The van der Waals surface area contributed by atoms with E-state index >= 15 is 0 Å². The van der Waals surface area contributed by atoms with Gasteiger partial charge in [0.05, 0.1) is 6.20 Å². The smallest absolute Gasteiger partial charge is 0.253 e. The van der Waals surface area contributed by atoms with Gasteiger partial charge in [-0.1, -0.05) is 0 Å². The summed E-state index contributed by atoms with van der Waals surface area (Å²) in [6.45, 7) is 3.29. The van der Waals surface area contributed by atoms with E-state index in [1.807, 2.05) is 17.8 Å². The fourth-order valence-electron chi connectivity index (χ4n) is 1.82. The number of benzene rings is 1. The lowest BCUT2D eigenvalue weighted by atomic mass is 10.2. The first-order chi connectivity index (χ1) is 9.10. The molecule has 0 spiro atoms. The molecular formula is C14H16FN3O. The van der Waals surface area contributed by atoms with Crippen molar-refractivity contribution in [3.05, 3.63) is 53.6 Å². The quantitative estimate of drug-likeness (QED) is 0.847. The second-order valence-electron chi connectivity index (χ2n) is 4.37. The van der Waals surface area contributed by atoms with Crippen molar-refractivity contribution < 1.29 is 9.18 Å². The predicted octanol–water partition coefficient (Wildman–Crippen LogP) is 2.31. The maximum absolute atomic E-state index is 12.8. The Kier molecular flexibility index (Phi) is 3.94. The molecule has 0 N–H and O–H groups in total. The topological polar surface area (TPSA) is 38.1 Å². The lowest BCUT2D eigenvalue weighted by Gasteiger charge is -2.16. The third-order valence-electron chi connectivity index (χ3n) is 2.87. The summed E-state index contributed by atoms with van der Waals surface area (Å²) < 4.78 is 14.6. The van der Waals surface area contributed by atoms with Gasteiger partial charge in [0.1, 0.15) is 5.82 Å². The molecule has 0 bridgehead atoms. The van der Waals surface area contributed by atoms with Gasteiger partial charge in [-0.25, -0.2) is 4.39 Å². The molecule has 0 saturated heterocycles. The van der Waals surface area contributed by atoms with Gasteiger partial charge in [0, 0.05) is 37.5 Å². The molecule has 5 heteroatoms. The van der Waals surface area contributed by atoms with Crippen LogP contribution in [0.15, 0.2) is 36.7 Å². The summed E-state index contributed by atoms with van der Waals surface area (Å²) in [6.07, 6.45) is 3.66. The van der Waals surface area contributed by atoms with E-state index in [9.17, 15) is 9.18 Å². The minimum atomic E-state index is -0.344. The monoisotopic (exact) mass is 261 g/mol. The zero-order chi connectivity index (χ0) is 13.8. The van der Waals surface area contributed by atoms with E-state index in [1.165, 1.54) is 24.3 Å². The molecular weight excluding hydrogens is 245 g/mol. The van der Waals surface area contributed by atoms with E-state index in [-0.39, 0.29) is 11.7 Å². The molecule has 1 aromatic heterocycles. The van der Waals surface area contributed by atoms with Crippen molar-refractivity contribution in [3.8, 4) is 0 Å². The van der Waals surface area contributed by atoms with Crippen molar-refractivity contribution in [2.45, 2.75) is 20.0 Å². The van der Waals surface area contributed by atoms with Crippen LogP contribution >= 0.6 is 0 Å². The zero-order valence-electron chi connectivity index (χ0n) is 11.0. The van der Waals surface area contributed by atoms with E-state index < -0.39 is 0 Å². The zero-order valence-corrected chi connectivity index (χ0v) is 11.0. The van der Waals surface area contributed by atoms with Gasteiger partial charge >= 0.3 is 0 Å². The van der Waals surface area contributed by atoms with Crippen LogP contribution in [0.5, 0.6) is 0 Å². The molecule has 1 heterocycles. The Bertz CT molecular complexity index is 562. The SMILES string of the molecule is CCn1cc(CN(C)C(=O)c2ccc(F)cc2)cn1. The number of carbonyl (C=O) groups excluding carboxylic acids is 1. The van der Waals surface area contributed by atoms with Crippen molar-refractivity contribution in [3.63, 3.8) is 0 Å². The second kappa shape index (κ2) is 5.65. The van der Waals surface area contributed by atoms with E-state index in [4.69, 9.17) is 0 Å². The van der Waals surface area contributed by atoms with Crippen molar-refractivity contribution in [1.82, 2.24) is 14.7 Å². The lowest BCUT2D eigenvalue weighted by Crippen LogP contribution is -2.26. The number of aryl methyl sites for hydroxylation is 1. The van der Waals surface area contributed by atoms with Gasteiger partial charge in [-0.05, 0) is 31.2 Å². The molecule has 2 aromatic rings. The van der Waals surface area contributed by atoms with Gasteiger partial charge in [0.15, 0.2) is 0 Å². The number of nitrogens with zero attached hydrogens (tertiary/aromatic N) is 3. The molecule has 1 amide bonds. The minimum absolute atomic E-state index is 0.135. The van der Waals surface area contributed by atoms with Gasteiger partial charge in [0.2, 0.25) is 0 Å². The van der Waals surface area contributed by atoms with Gasteiger partial charge in [-0.15, -0.1) is 0 Å². The van der Waals surface area contributed by atoms with Gasteiger partial charge < -0.3 is 4.90 Å². The van der Waals surface area contributed by atoms with Crippen LogP contribution in [0.3, 0.4) is 0 Å². The highest BCUT2D eigenvalue weighted by atomic mass is 19.1. The van der Waals surface area contributed by atoms with E-state index in [2.05, 4.69) is 5.10 Å². The highest BCUT2D eigenvalue weighted by Gasteiger charge is 2.12. The average molecular weight is 261 g/mol. The number of hydrogen-bond donors (Lipinski definition) is 0. The summed E-state index contributed by atoms with van der Waals surface area (Å²) in [7, 11) is 1.72. The summed E-state index contributed by atoms with van der Waals surface area (Å²) in [5.74, 6) is -0.479. The summed E-state index contributed by atoms with van der Waals surface area (Å²) in [5, 5.41) is 4.16. The Hall–Kier alpha value is -2.17. The maximum atomic E-state index is 12.8. The average Bonchev–Trinajstić information content (AvgIpc) is 2.86. The highest BCUT2D eigenvalue weighted by Crippen LogP contribution is 2.09. The molecule has 0 aliphatic heterocycles. The number of rotatable bonds is 4. The van der Waals surface area contributed by atoms with Crippen molar-refractivity contribution >= 4 is 5.91 Å². The first kappa shape index (κ1) is 13.3. The molecule has 2 rings (SSSR count). The molecule has 100 valence electrons. The third-order valence-corrected chi connectivity index (χ3v) is 2.87. The Morgan fingerprint density at radius 2 is 2.05 bits per heavy atom. The molecule has 4 nitrogen and oxygen atoms in total. The first-order valence-electron chi connectivity index (χ1n) is 6.12. The van der Waals surface area contributed by atoms with Crippen LogP contribution in [0, 0.1) is 5.82 Å². The minimum Gasteiger partial charge on any atom is -0.337 e. The van der Waals surface area contributed by atoms with Crippen LogP contribution in [-0.4, -0.2) is 27.6 Å². The van der Waals surface area contributed by atoms with Gasteiger partial charge in [-0.2, -0.15) is 5.10 Å². The third kappa shape index (κ3) is 3.19. The second-order valence-corrected chi connectivity index (χ2v) is 4.37. The van der Waals surface area contributed by atoms with Crippen LogP contribution in [0.25, 0.3) is 0 Å². The maximum Gasteiger partial charge on any atom is 0.253 e. The van der Waals surface area contributed by atoms with Crippen LogP contribution in [0.2, 0.25) is 0 Å². The van der Waals surface area contributed by atoms with E-state index in [1.54, 1.807) is 18.1 Å². The Labute approximate surface area is 111 Å². The molecule has 1 aromatic carbocycles. The highest BCUT2D eigenvalue weighted by molar-refractivity contribution is 5.93. The largest absolute Gasteiger partial charge is 0.337 e. The molecule has 0 fully saturated rings. The van der Waals surface area contributed by atoms with Gasteiger partial charge in [-0.3, -0.25) is 9.48 Å². The van der Waals surface area contributed by atoms with E-state index in [0.717, 1.165) is 12.1 Å². The molecule has 19 heavy (non-hydrogen) atoms. The normalized spacial score (nSPS) is 10.5. The Morgan fingerprint density at radius 3 is 2.63 bits per heavy atom. The number of carbonyl (C=O) groups is 1. The molecule has 0 radical (unpaired) electrons. The molecule has 0 aliphatic carbocycles. The lowest BCUT2D eigenvalue weighted by molar-refractivity contribution is 0.0785. The first-order valence-corrected chi connectivity index (χ1v) is 6.12.